The first-order valence-corrected chi connectivity index (χ1v) is 6.27. The third-order valence-corrected chi connectivity index (χ3v) is 2.97. The quantitative estimate of drug-likeness (QED) is 0.789. The van der Waals surface area contributed by atoms with Gasteiger partial charge in [-0.25, -0.2) is 0 Å². The molecule has 4 nitrogen and oxygen atoms in total. The molecule has 4 heteroatoms. The fourth-order valence-corrected chi connectivity index (χ4v) is 1.86. The van der Waals surface area contributed by atoms with Crippen molar-refractivity contribution >= 4 is 11.5 Å². The summed E-state index contributed by atoms with van der Waals surface area (Å²) in [5.41, 5.74) is 2.05. The summed E-state index contributed by atoms with van der Waals surface area (Å²) in [6.07, 6.45) is -0.0588. The van der Waals surface area contributed by atoms with E-state index in [2.05, 4.69) is 13.8 Å². The largest absolute Gasteiger partial charge is 0.495 e. The van der Waals surface area contributed by atoms with E-state index >= 15 is 0 Å². The highest BCUT2D eigenvalue weighted by Crippen LogP contribution is 2.31. The summed E-state index contributed by atoms with van der Waals surface area (Å²) in [6, 6.07) is 7.85. The number of Topliss-reactive ketones (excluding diaryl/α,β-unsaturated/α-hetero) is 1. The second-order valence-electron chi connectivity index (χ2n) is 4.82. The predicted octanol–water partition coefficient (Wildman–Crippen LogP) is 2.74. The molecule has 102 valence electrons. The number of hydrogen-bond acceptors (Lipinski definition) is 4. The fraction of sp³-hybridized carbons (Fsp3) is 0.467. The van der Waals surface area contributed by atoms with E-state index in [-0.39, 0.29) is 18.7 Å². The first kappa shape index (κ1) is 15.0. The Bertz CT molecular complexity index is 489. The topological polar surface area (TPSA) is 53.3 Å². The average Bonchev–Trinajstić information content (AvgIpc) is 2.37. The van der Waals surface area contributed by atoms with Gasteiger partial charge in [-0.15, -0.1) is 0 Å². The number of ether oxygens (including phenoxy) is 1. The molecule has 0 aliphatic heterocycles. The average molecular weight is 260 g/mol. The number of carbonyl (C=O) groups is 1. The van der Waals surface area contributed by atoms with Gasteiger partial charge in [-0.3, -0.25) is 4.79 Å². The van der Waals surface area contributed by atoms with Crippen molar-refractivity contribution in [2.75, 3.05) is 25.6 Å². The van der Waals surface area contributed by atoms with Gasteiger partial charge in [0.2, 0.25) is 0 Å². The van der Waals surface area contributed by atoms with Gasteiger partial charge in [0.05, 0.1) is 31.8 Å². The summed E-state index contributed by atoms with van der Waals surface area (Å²) in [5.74, 6) is 1.08. The van der Waals surface area contributed by atoms with Crippen LogP contribution in [0.2, 0.25) is 0 Å². The molecule has 0 aliphatic rings. The zero-order valence-corrected chi connectivity index (χ0v) is 11.9. The molecular formula is C15H20N2O2. The lowest BCUT2D eigenvalue weighted by atomic mass is 10.0. The van der Waals surface area contributed by atoms with E-state index < -0.39 is 0 Å². The number of nitriles is 1. The van der Waals surface area contributed by atoms with Gasteiger partial charge in [0.15, 0.2) is 5.78 Å². The van der Waals surface area contributed by atoms with Gasteiger partial charge >= 0.3 is 0 Å². The first-order valence-electron chi connectivity index (χ1n) is 6.27. The number of rotatable bonds is 6. The first-order chi connectivity index (χ1) is 8.99. The molecule has 1 aromatic rings. The Hall–Kier alpha value is -2.02. The Balaban J connectivity index is 2.94. The Morgan fingerprint density at radius 2 is 2.16 bits per heavy atom. The molecule has 0 unspecified atom stereocenters. The summed E-state index contributed by atoms with van der Waals surface area (Å²) in [4.78, 5) is 13.3. The lowest BCUT2D eigenvalue weighted by molar-refractivity contribution is -0.116. The van der Waals surface area contributed by atoms with E-state index in [0.29, 0.717) is 5.92 Å². The molecule has 0 N–H and O–H groups in total. The molecule has 1 aromatic carbocycles. The highest BCUT2D eigenvalue weighted by Gasteiger charge is 2.13. The van der Waals surface area contributed by atoms with Gasteiger partial charge in [0, 0.05) is 7.05 Å². The lowest BCUT2D eigenvalue weighted by Crippen LogP contribution is -2.25. The van der Waals surface area contributed by atoms with Gasteiger partial charge in [-0.05, 0) is 23.6 Å². The number of carbonyl (C=O) groups excluding carboxylic acids is 1. The summed E-state index contributed by atoms with van der Waals surface area (Å²) in [5, 5.41) is 8.50. The van der Waals surface area contributed by atoms with E-state index in [1.165, 1.54) is 5.56 Å². The molecule has 19 heavy (non-hydrogen) atoms. The highest BCUT2D eigenvalue weighted by atomic mass is 16.5. The molecule has 0 fully saturated rings. The maximum absolute atomic E-state index is 11.5. The number of benzene rings is 1. The fourth-order valence-electron chi connectivity index (χ4n) is 1.86. The van der Waals surface area contributed by atoms with Crippen LogP contribution >= 0.6 is 0 Å². The normalized spacial score (nSPS) is 10.1. The van der Waals surface area contributed by atoms with Crippen molar-refractivity contribution in [1.82, 2.24) is 0 Å². The van der Waals surface area contributed by atoms with Crippen molar-refractivity contribution in [1.29, 1.82) is 5.26 Å². The van der Waals surface area contributed by atoms with Crippen molar-refractivity contribution in [3.05, 3.63) is 23.8 Å². The zero-order chi connectivity index (χ0) is 14.4. The Labute approximate surface area is 114 Å². The summed E-state index contributed by atoms with van der Waals surface area (Å²) < 4.78 is 5.38. The van der Waals surface area contributed by atoms with Gasteiger partial charge < -0.3 is 9.64 Å². The maximum atomic E-state index is 11.5. The molecule has 0 saturated carbocycles. The molecule has 0 bridgehead atoms. The molecule has 0 radical (unpaired) electrons. The number of likely N-dealkylation sites (N-methyl/N-ethyl adjacent to an activating group) is 1. The maximum Gasteiger partial charge on any atom is 0.166 e. The Morgan fingerprint density at radius 3 is 2.68 bits per heavy atom. The third-order valence-electron chi connectivity index (χ3n) is 2.97. The minimum Gasteiger partial charge on any atom is -0.495 e. The monoisotopic (exact) mass is 260 g/mol. The molecule has 0 atom stereocenters. The number of ketones is 1. The van der Waals surface area contributed by atoms with E-state index in [0.717, 1.165) is 11.4 Å². The van der Waals surface area contributed by atoms with E-state index in [4.69, 9.17) is 10.00 Å². The third kappa shape index (κ3) is 3.99. The number of anilines is 1. The SMILES string of the molecule is COc1cc(C(C)C)ccc1N(C)CC(=O)CC#N. The van der Waals surface area contributed by atoms with Gasteiger partial charge in [-0.2, -0.15) is 5.26 Å². The number of nitrogens with zero attached hydrogens (tertiary/aromatic N) is 2. The van der Waals surface area contributed by atoms with Crippen LogP contribution in [-0.2, 0) is 4.79 Å². The van der Waals surface area contributed by atoms with Crippen molar-refractivity contribution in [3.63, 3.8) is 0 Å². The van der Waals surface area contributed by atoms with Gasteiger partial charge in [0.25, 0.3) is 0 Å². The van der Waals surface area contributed by atoms with Crippen molar-refractivity contribution in [2.45, 2.75) is 26.2 Å². The van der Waals surface area contributed by atoms with Crippen LogP contribution in [0.3, 0.4) is 0 Å². The van der Waals surface area contributed by atoms with Crippen molar-refractivity contribution < 1.29 is 9.53 Å². The second-order valence-corrected chi connectivity index (χ2v) is 4.82. The Morgan fingerprint density at radius 1 is 1.47 bits per heavy atom. The minimum absolute atomic E-state index is 0.0588. The van der Waals surface area contributed by atoms with E-state index in [9.17, 15) is 4.79 Å². The van der Waals surface area contributed by atoms with Crippen LogP contribution in [0.5, 0.6) is 5.75 Å². The second kappa shape index (κ2) is 6.79. The highest BCUT2D eigenvalue weighted by molar-refractivity contribution is 5.85. The van der Waals surface area contributed by atoms with Gasteiger partial charge in [0.1, 0.15) is 5.75 Å². The molecule has 1 rings (SSSR count). The van der Waals surface area contributed by atoms with Gasteiger partial charge in [-0.1, -0.05) is 19.9 Å². The van der Waals surface area contributed by atoms with Crippen LogP contribution in [0.25, 0.3) is 0 Å². The number of methoxy groups -OCH3 is 1. The standard InChI is InChI=1S/C15H20N2O2/c1-11(2)12-5-6-14(15(9-12)19-4)17(3)10-13(18)7-8-16/h5-6,9,11H,7,10H2,1-4H3. The predicted molar refractivity (Wildman–Crippen MR) is 75.6 cm³/mol. The summed E-state index contributed by atoms with van der Waals surface area (Å²) in [7, 11) is 3.44. The molecule has 0 amide bonds. The van der Waals surface area contributed by atoms with Crippen LogP contribution in [0.4, 0.5) is 5.69 Å². The van der Waals surface area contributed by atoms with Crippen molar-refractivity contribution in [3.8, 4) is 11.8 Å². The molecule has 0 aromatic heterocycles. The summed E-state index contributed by atoms with van der Waals surface area (Å²) in [6.45, 7) is 4.45. The minimum atomic E-state index is -0.0972. The van der Waals surface area contributed by atoms with E-state index in [1.54, 1.807) is 7.11 Å². The smallest absolute Gasteiger partial charge is 0.166 e. The number of hydrogen-bond donors (Lipinski definition) is 0. The molecule has 0 aliphatic carbocycles. The van der Waals surface area contributed by atoms with Crippen molar-refractivity contribution in [2.24, 2.45) is 0 Å². The molecular weight excluding hydrogens is 240 g/mol. The van der Waals surface area contributed by atoms with Crippen LogP contribution in [0, 0.1) is 11.3 Å². The van der Waals surface area contributed by atoms with E-state index in [1.807, 2.05) is 36.2 Å². The Kier molecular flexibility index (Phi) is 5.37. The molecule has 0 saturated heterocycles. The van der Waals surface area contributed by atoms with Crippen LogP contribution in [0.15, 0.2) is 18.2 Å². The molecule has 0 heterocycles. The molecule has 0 spiro atoms. The summed E-state index contributed by atoms with van der Waals surface area (Å²) >= 11 is 0. The lowest BCUT2D eigenvalue weighted by Gasteiger charge is -2.21. The van der Waals surface area contributed by atoms with Crippen LogP contribution in [0.1, 0.15) is 31.7 Å². The van der Waals surface area contributed by atoms with Crippen LogP contribution < -0.4 is 9.64 Å². The van der Waals surface area contributed by atoms with Crippen LogP contribution in [-0.4, -0.2) is 26.5 Å². The zero-order valence-electron chi connectivity index (χ0n) is 11.9.